The minimum atomic E-state index is -0.0636. The molecule has 0 bridgehead atoms. The lowest BCUT2D eigenvalue weighted by molar-refractivity contribution is -0.115. The van der Waals surface area contributed by atoms with Crippen molar-refractivity contribution in [3.8, 4) is 0 Å². The molecule has 2 heterocycles. The van der Waals surface area contributed by atoms with Crippen LogP contribution in [0.5, 0.6) is 0 Å². The molecule has 0 saturated carbocycles. The Morgan fingerprint density at radius 2 is 2.11 bits per heavy atom. The molecule has 3 rings (SSSR count). The van der Waals surface area contributed by atoms with Crippen molar-refractivity contribution < 1.29 is 4.79 Å². The summed E-state index contributed by atoms with van der Waals surface area (Å²) < 4.78 is 0.553. The molecule has 5 heteroatoms. The normalized spacial score (nSPS) is 21.2. The number of benzene rings is 1. The number of nitrogens with one attached hydrogen (secondary N) is 1. The van der Waals surface area contributed by atoms with Gasteiger partial charge in [0, 0.05) is 18.8 Å². The monoisotopic (exact) mass is 290 g/mol. The number of fused-ring (bicyclic) bond motifs is 1. The smallest absolute Gasteiger partial charge is 0.265 e. The molecule has 0 radical (unpaired) electrons. The highest BCUT2D eigenvalue weighted by atomic mass is 32.2. The van der Waals surface area contributed by atoms with Gasteiger partial charge >= 0.3 is 0 Å². The van der Waals surface area contributed by atoms with Crippen LogP contribution in [0.15, 0.2) is 34.9 Å². The highest BCUT2D eigenvalue weighted by Crippen LogP contribution is 2.30. The highest BCUT2D eigenvalue weighted by Gasteiger charge is 2.27. The van der Waals surface area contributed by atoms with E-state index in [1.54, 1.807) is 0 Å². The largest absolute Gasteiger partial charge is 0.369 e. The SMILES string of the molecule is C/C(=C1\SC(=S)NC1=O)N1CCc2ccccc2C1. The Labute approximate surface area is 122 Å². The Morgan fingerprint density at radius 3 is 2.79 bits per heavy atom. The van der Waals surface area contributed by atoms with Crippen molar-refractivity contribution in [3.05, 3.63) is 46.0 Å². The lowest BCUT2D eigenvalue weighted by Crippen LogP contribution is -2.30. The first-order chi connectivity index (χ1) is 9.15. The zero-order chi connectivity index (χ0) is 13.4. The van der Waals surface area contributed by atoms with E-state index in [9.17, 15) is 4.79 Å². The van der Waals surface area contributed by atoms with Crippen LogP contribution in [0.2, 0.25) is 0 Å². The van der Waals surface area contributed by atoms with Gasteiger partial charge < -0.3 is 10.2 Å². The van der Waals surface area contributed by atoms with Crippen LogP contribution in [0.1, 0.15) is 18.1 Å². The van der Waals surface area contributed by atoms with Gasteiger partial charge in [-0.05, 0) is 24.5 Å². The summed E-state index contributed by atoms with van der Waals surface area (Å²) in [6, 6.07) is 8.49. The first-order valence-corrected chi connectivity index (χ1v) is 7.43. The van der Waals surface area contributed by atoms with E-state index in [1.165, 1.54) is 22.9 Å². The summed E-state index contributed by atoms with van der Waals surface area (Å²) in [5.41, 5.74) is 3.78. The molecule has 1 amide bonds. The zero-order valence-electron chi connectivity index (χ0n) is 10.6. The number of carbonyl (C=O) groups excluding carboxylic acids is 1. The van der Waals surface area contributed by atoms with Crippen molar-refractivity contribution in [3.63, 3.8) is 0 Å². The molecular weight excluding hydrogens is 276 g/mol. The van der Waals surface area contributed by atoms with Crippen LogP contribution < -0.4 is 5.32 Å². The average Bonchev–Trinajstić information content (AvgIpc) is 2.76. The third kappa shape index (κ3) is 2.40. The molecule has 0 atom stereocenters. The predicted octanol–water partition coefficient (Wildman–Crippen LogP) is 2.42. The average molecular weight is 290 g/mol. The van der Waals surface area contributed by atoms with Crippen molar-refractivity contribution in [2.24, 2.45) is 0 Å². The molecule has 0 unspecified atom stereocenters. The fourth-order valence-electron chi connectivity index (χ4n) is 2.48. The Kier molecular flexibility index (Phi) is 3.33. The minimum Gasteiger partial charge on any atom is -0.369 e. The summed E-state index contributed by atoms with van der Waals surface area (Å²) in [6.45, 7) is 3.82. The molecule has 3 nitrogen and oxygen atoms in total. The van der Waals surface area contributed by atoms with E-state index in [-0.39, 0.29) is 5.91 Å². The summed E-state index contributed by atoms with van der Waals surface area (Å²) in [5.74, 6) is -0.0636. The molecule has 1 aromatic rings. The molecule has 0 spiro atoms. The molecule has 98 valence electrons. The van der Waals surface area contributed by atoms with E-state index >= 15 is 0 Å². The fourth-order valence-corrected chi connectivity index (χ4v) is 3.57. The van der Waals surface area contributed by atoms with Crippen molar-refractivity contribution in [1.82, 2.24) is 10.2 Å². The summed E-state index contributed by atoms with van der Waals surface area (Å²) in [7, 11) is 0. The highest BCUT2D eigenvalue weighted by molar-refractivity contribution is 8.26. The van der Waals surface area contributed by atoms with Gasteiger partial charge in [-0.2, -0.15) is 0 Å². The maximum absolute atomic E-state index is 11.8. The van der Waals surface area contributed by atoms with Crippen LogP contribution in [0.3, 0.4) is 0 Å². The van der Waals surface area contributed by atoms with Crippen LogP contribution in [-0.2, 0) is 17.8 Å². The molecule has 1 saturated heterocycles. The second-order valence-corrected chi connectivity index (χ2v) is 6.39. The van der Waals surface area contributed by atoms with E-state index in [1.807, 2.05) is 6.92 Å². The first kappa shape index (κ1) is 12.7. The number of rotatable bonds is 1. The molecule has 1 aromatic carbocycles. The summed E-state index contributed by atoms with van der Waals surface area (Å²) in [6.07, 6.45) is 1.03. The minimum absolute atomic E-state index is 0.0636. The molecule has 1 fully saturated rings. The van der Waals surface area contributed by atoms with Gasteiger partial charge in [0.1, 0.15) is 4.32 Å². The van der Waals surface area contributed by atoms with Gasteiger partial charge in [0.25, 0.3) is 5.91 Å². The maximum Gasteiger partial charge on any atom is 0.265 e. The number of carbonyl (C=O) groups is 1. The van der Waals surface area contributed by atoms with Crippen LogP contribution in [0.4, 0.5) is 0 Å². The number of hydrogen-bond donors (Lipinski definition) is 1. The van der Waals surface area contributed by atoms with Gasteiger partial charge in [-0.15, -0.1) is 0 Å². The molecule has 19 heavy (non-hydrogen) atoms. The summed E-state index contributed by atoms with van der Waals surface area (Å²) >= 11 is 6.40. The van der Waals surface area contributed by atoms with Gasteiger partial charge in [0.05, 0.1) is 4.91 Å². The second kappa shape index (κ2) is 4.98. The topological polar surface area (TPSA) is 32.3 Å². The van der Waals surface area contributed by atoms with Gasteiger partial charge in [-0.1, -0.05) is 48.2 Å². The molecule has 0 aliphatic carbocycles. The summed E-state index contributed by atoms with van der Waals surface area (Å²) in [5, 5.41) is 2.68. The Hall–Kier alpha value is -1.33. The lowest BCUT2D eigenvalue weighted by atomic mass is 9.99. The van der Waals surface area contributed by atoms with E-state index < -0.39 is 0 Å². The standard InChI is InChI=1S/C14H14N2OS2/c1-9(12-13(17)15-14(18)19-12)16-7-6-10-4-2-3-5-11(10)8-16/h2-5H,6-8H2,1H3,(H,15,17,18)/b12-9+. The van der Waals surface area contributed by atoms with Crippen LogP contribution in [0, 0.1) is 0 Å². The van der Waals surface area contributed by atoms with Crippen molar-refractivity contribution in [2.75, 3.05) is 6.54 Å². The predicted molar refractivity (Wildman–Crippen MR) is 81.6 cm³/mol. The maximum atomic E-state index is 11.8. The van der Waals surface area contributed by atoms with Gasteiger partial charge in [-0.3, -0.25) is 4.79 Å². The molecule has 2 aliphatic heterocycles. The van der Waals surface area contributed by atoms with Crippen LogP contribution in [0.25, 0.3) is 0 Å². The number of allylic oxidation sites excluding steroid dienone is 1. The van der Waals surface area contributed by atoms with Gasteiger partial charge in [-0.25, -0.2) is 0 Å². The number of amides is 1. The third-order valence-electron chi connectivity index (χ3n) is 3.55. The lowest BCUT2D eigenvalue weighted by Gasteiger charge is -2.31. The van der Waals surface area contributed by atoms with Gasteiger partial charge in [0.15, 0.2) is 0 Å². The van der Waals surface area contributed by atoms with E-state index in [0.29, 0.717) is 4.32 Å². The zero-order valence-corrected chi connectivity index (χ0v) is 12.2. The Morgan fingerprint density at radius 1 is 1.37 bits per heavy atom. The Bertz CT molecular complexity index is 595. The van der Waals surface area contributed by atoms with Crippen molar-refractivity contribution >= 4 is 34.2 Å². The van der Waals surface area contributed by atoms with Crippen LogP contribution in [-0.4, -0.2) is 21.7 Å². The number of nitrogens with zero attached hydrogens (tertiary/aromatic N) is 1. The van der Waals surface area contributed by atoms with E-state index in [0.717, 1.165) is 30.1 Å². The summed E-state index contributed by atoms with van der Waals surface area (Å²) in [4.78, 5) is 14.8. The van der Waals surface area contributed by atoms with Gasteiger partial charge in [0.2, 0.25) is 0 Å². The Balaban J connectivity index is 1.87. The van der Waals surface area contributed by atoms with Crippen molar-refractivity contribution in [1.29, 1.82) is 0 Å². The van der Waals surface area contributed by atoms with E-state index in [2.05, 4.69) is 34.5 Å². The molecular formula is C14H14N2OS2. The molecule has 1 N–H and O–H groups in total. The molecule has 0 aromatic heterocycles. The van der Waals surface area contributed by atoms with E-state index in [4.69, 9.17) is 12.2 Å². The first-order valence-electron chi connectivity index (χ1n) is 6.21. The van der Waals surface area contributed by atoms with Crippen LogP contribution >= 0.6 is 24.0 Å². The number of hydrogen-bond acceptors (Lipinski definition) is 4. The fraction of sp³-hybridized carbons (Fsp3) is 0.286. The molecule has 2 aliphatic rings. The van der Waals surface area contributed by atoms with Crippen molar-refractivity contribution in [2.45, 2.75) is 19.9 Å². The third-order valence-corrected chi connectivity index (χ3v) is 4.87. The second-order valence-electron chi connectivity index (χ2n) is 4.70. The number of thioether (sulfide) groups is 1. The quantitative estimate of drug-likeness (QED) is 0.636. The number of thiocarbonyl (C=S) groups is 1.